The van der Waals surface area contributed by atoms with E-state index in [9.17, 15) is 0 Å². The SMILES string of the molecule is [C-]#[N+]c1ccc2c(c1)N(CC(=S)N1CCN(CCC)CC1)CCO2. The average Bonchev–Trinajstić information content (AvgIpc) is 2.62. The molecule has 0 spiro atoms. The summed E-state index contributed by atoms with van der Waals surface area (Å²) in [5, 5.41) is 0. The topological polar surface area (TPSA) is 23.3 Å². The van der Waals surface area contributed by atoms with Gasteiger partial charge in [0.1, 0.15) is 12.4 Å². The Bertz CT molecular complexity index is 634. The Labute approximate surface area is 149 Å². The fourth-order valence-electron chi connectivity index (χ4n) is 3.30. The van der Waals surface area contributed by atoms with Crippen molar-refractivity contribution >= 4 is 28.6 Å². The van der Waals surface area contributed by atoms with Crippen LogP contribution in [0.2, 0.25) is 0 Å². The number of piperazine rings is 1. The molecule has 2 heterocycles. The molecule has 1 fully saturated rings. The largest absolute Gasteiger partial charge is 0.490 e. The van der Waals surface area contributed by atoms with E-state index >= 15 is 0 Å². The van der Waals surface area contributed by atoms with Gasteiger partial charge in [-0.1, -0.05) is 25.2 Å². The van der Waals surface area contributed by atoms with E-state index in [-0.39, 0.29) is 0 Å². The van der Waals surface area contributed by atoms with Crippen LogP contribution in [0.15, 0.2) is 18.2 Å². The number of ether oxygens (including phenoxy) is 1. The number of fused-ring (bicyclic) bond motifs is 1. The maximum Gasteiger partial charge on any atom is 0.189 e. The third-order valence-electron chi connectivity index (χ3n) is 4.62. The number of hydrogen-bond acceptors (Lipinski definition) is 4. The smallest absolute Gasteiger partial charge is 0.189 e. The molecule has 0 unspecified atom stereocenters. The molecule has 0 radical (unpaired) electrons. The Kier molecular flexibility index (Phi) is 5.54. The van der Waals surface area contributed by atoms with Gasteiger partial charge in [0.25, 0.3) is 0 Å². The number of anilines is 1. The van der Waals surface area contributed by atoms with Crippen LogP contribution in [0.5, 0.6) is 5.75 Å². The predicted molar refractivity (Wildman–Crippen MR) is 101 cm³/mol. The van der Waals surface area contributed by atoms with Gasteiger partial charge in [0.05, 0.1) is 30.3 Å². The van der Waals surface area contributed by atoms with Crippen molar-refractivity contribution in [3.63, 3.8) is 0 Å². The first kappa shape index (κ1) is 17.0. The van der Waals surface area contributed by atoms with Crippen molar-refractivity contribution in [1.82, 2.24) is 9.80 Å². The second-order valence-electron chi connectivity index (χ2n) is 6.26. The molecule has 0 atom stereocenters. The quantitative estimate of drug-likeness (QED) is 0.617. The van der Waals surface area contributed by atoms with Crippen molar-refractivity contribution in [2.45, 2.75) is 13.3 Å². The molecule has 0 aliphatic carbocycles. The Morgan fingerprint density at radius 2 is 2.04 bits per heavy atom. The molecular formula is C18H24N4OS. The van der Waals surface area contributed by atoms with Gasteiger partial charge in [-0.25, -0.2) is 4.85 Å². The number of benzene rings is 1. The summed E-state index contributed by atoms with van der Waals surface area (Å²) in [6, 6.07) is 5.60. The highest BCUT2D eigenvalue weighted by atomic mass is 32.1. The van der Waals surface area contributed by atoms with E-state index in [4.69, 9.17) is 23.5 Å². The molecule has 5 nitrogen and oxygen atoms in total. The van der Waals surface area contributed by atoms with Crippen LogP contribution in [0.25, 0.3) is 4.85 Å². The van der Waals surface area contributed by atoms with Crippen LogP contribution in [0.1, 0.15) is 13.3 Å². The normalized spacial score (nSPS) is 17.8. The molecule has 128 valence electrons. The molecule has 0 N–H and O–H groups in total. The first-order chi connectivity index (χ1) is 11.7. The third kappa shape index (κ3) is 3.80. The molecule has 0 bridgehead atoms. The van der Waals surface area contributed by atoms with Crippen LogP contribution >= 0.6 is 12.2 Å². The van der Waals surface area contributed by atoms with Crippen LogP contribution in [0, 0.1) is 6.57 Å². The lowest BCUT2D eigenvalue weighted by molar-refractivity contribution is 0.183. The zero-order valence-corrected chi connectivity index (χ0v) is 15.0. The molecule has 6 heteroatoms. The monoisotopic (exact) mass is 344 g/mol. The number of rotatable bonds is 4. The summed E-state index contributed by atoms with van der Waals surface area (Å²) in [5.41, 5.74) is 1.63. The van der Waals surface area contributed by atoms with Crippen LogP contribution in [-0.4, -0.2) is 67.2 Å². The van der Waals surface area contributed by atoms with Crippen LogP contribution in [-0.2, 0) is 0 Å². The maximum absolute atomic E-state index is 7.21. The van der Waals surface area contributed by atoms with Crippen LogP contribution in [0.4, 0.5) is 11.4 Å². The van der Waals surface area contributed by atoms with Gasteiger partial charge in [-0.3, -0.25) is 4.90 Å². The summed E-state index contributed by atoms with van der Waals surface area (Å²) in [7, 11) is 0. The average molecular weight is 344 g/mol. The second-order valence-corrected chi connectivity index (χ2v) is 6.73. The van der Waals surface area contributed by atoms with Gasteiger partial charge in [-0.05, 0) is 25.1 Å². The summed E-state index contributed by atoms with van der Waals surface area (Å²) < 4.78 is 5.71. The summed E-state index contributed by atoms with van der Waals surface area (Å²) in [5.74, 6) is 0.851. The first-order valence-corrected chi connectivity index (χ1v) is 9.01. The van der Waals surface area contributed by atoms with Gasteiger partial charge in [0.2, 0.25) is 0 Å². The summed E-state index contributed by atoms with van der Waals surface area (Å²) in [4.78, 5) is 11.6. The Morgan fingerprint density at radius 1 is 1.25 bits per heavy atom. The Hall–Kier alpha value is -1.84. The highest BCUT2D eigenvalue weighted by Gasteiger charge is 2.23. The van der Waals surface area contributed by atoms with Gasteiger partial charge in [-0.15, -0.1) is 0 Å². The highest BCUT2D eigenvalue weighted by Crippen LogP contribution is 2.35. The van der Waals surface area contributed by atoms with E-state index in [2.05, 4.69) is 26.5 Å². The van der Waals surface area contributed by atoms with Gasteiger partial charge in [0, 0.05) is 26.2 Å². The molecular weight excluding hydrogens is 320 g/mol. The standard InChI is InChI=1S/C18H24N4OS/c1-3-6-20-7-9-21(10-8-20)18(24)14-22-11-12-23-17-5-4-15(19-2)13-16(17)22/h4-5,13H,3,6-12,14H2,1H3. The zero-order chi connectivity index (χ0) is 16.9. The second kappa shape index (κ2) is 7.82. The maximum atomic E-state index is 7.21. The summed E-state index contributed by atoms with van der Waals surface area (Å²) in [6.07, 6.45) is 1.21. The fourth-order valence-corrected chi connectivity index (χ4v) is 3.63. The van der Waals surface area contributed by atoms with Crippen molar-refractivity contribution in [2.24, 2.45) is 0 Å². The van der Waals surface area contributed by atoms with Crippen molar-refractivity contribution in [1.29, 1.82) is 0 Å². The predicted octanol–water partition coefficient (Wildman–Crippen LogP) is 2.79. The Morgan fingerprint density at radius 3 is 2.75 bits per heavy atom. The van der Waals surface area contributed by atoms with Crippen molar-refractivity contribution in [3.05, 3.63) is 29.6 Å². The van der Waals surface area contributed by atoms with Crippen molar-refractivity contribution < 1.29 is 4.74 Å². The van der Waals surface area contributed by atoms with Crippen LogP contribution < -0.4 is 9.64 Å². The van der Waals surface area contributed by atoms with Crippen molar-refractivity contribution in [2.75, 3.05) is 57.3 Å². The van der Waals surface area contributed by atoms with Gasteiger partial charge in [-0.2, -0.15) is 0 Å². The molecule has 2 aliphatic rings. The third-order valence-corrected chi connectivity index (χ3v) is 5.01. The highest BCUT2D eigenvalue weighted by molar-refractivity contribution is 7.80. The summed E-state index contributed by atoms with van der Waals surface area (Å²) >= 11 is 5.71. The lowest BCUT2D eigenvalue weighted by Gasteiger charge is -2.38. The van der Waals surface area contributed by atoms with E-state index < -0.39 is 0 Å². The van der Waals surface area contributed by atoms with Crippen LogP contribution in [0.3, 0.4) is 0 Å². The van der Waals surface area contributed by atoms with E-state index in [1.54, 1.807) is 6.07 Å². The van der Waals surface area contributed by atoms with E-state index in [1.807, 2.05) is 12.1 Å². The zero-order valence-electron chi connectivity index (χ0n) is 14.2. The molecule has 1 aromatic rings. The van der Waals surface area contributed by atoms with E-state index in [1.165, 1.54) is 13.0 Å². The van der Waals surface area contributed by atoms with E-state index in [0.717, 1.165) is 55.7 Å². The first-order valence-electron chi connectivity index (χ1n) is 8.60. The van der Waals surface area contributed by atoms with Gasteiger partial charge >= 0.3 is 0 Å². The number of hydrogen-bond donors (Lipinski definition) is 0. The summed E-state index contributed by atoms with van der Waals surface area (Å²) in [6.45, 7) is 17.0. The molecule has 1 saturated heterocycles. The van der Waals surface area contributed by atoms with Gasteiger partial charge < -0.3 is 14.5 Å². The fraction of sp³-hybridized carbons (Fsp3) is 0.556. The minimum absolute atomic E-state index is 0.642. The minimum atomic E-state index is 0.642. The lowest BCUT2D eigenvalue weighted by atomic mass is 10.2. The molecule has 2 aliphatic heterocycles. The minimum Gasteiger partial charge on any atom is -0.490 e. The molecule has 0 saturated carbocycles. The lowest BCUT2D eigenvalue weighted by Crippen LogP contribution is -2.51. The molecule has 0 amide bonds. The molecule has 1 aromatic carbocycles. The molecule has 24 heavy (non-hydrogen) atoms. The van der Waals surface area contributed by atoms with Crippen molar-refractivity contribution in [3.8, 4) is 5.75 Å². The Balaban J connectivity index is 1.63. The molecule has 0 aromatic heterocycles. The van der Waals surface area contributed by atoms with E-state index in [0.29, 0.717) is 12.3 Å². The number of thiocarbonyl (C=S) groups is 1. The van der Waals surface area contributed by atoms with Gasteiger partial charge in [0.15, 0.2) is 5.69 Å². The number of nitrogens with zero attached hydrogens (tertiary/aromatic N) is 4. The molecule has 3 rings (SSSR count).